The van der Waals surface area contributed by atoms with Gasteiger partial charge in [0.1, 0.15) is 12.1 Å². The first kappa shape index (κ1) is 15.7. The molecule has 2 rings (SSSR count). The molecule has 22 heavy (non-hydrogen) atoms. The Kier molecular flexibility index (Phi) is 3.73. The molecular weight excluding hydrogens is 317 g/mol. The van der Waals surface area contributed by atoms with E-state index >= 15 is 0 Å². The molecule has 0 bridgehead atoms. The second-order valence-electron chi connectivity index (χ2n) is 3.93. The molecule has 11 heteroatoms. The number of aromatic carboxylic acids is 1. The van der Waals surface area contributed by atoms with Gasteiger partial charge in [0.05, 0.1) is 5.69 Å². The van der Waals surface area contributed by atoms with Gasteiger partial charge in [-0.05, 0) is 24.3 Å². The summed E-state index contributed by atoms with van der Waals surface area (Å²) in [4.78, 5) is 14.1. The number of hydrogen-bond donors (Lipinski definition) is 1. The van der Waals surface area contributed by atoms with Crippen molar-refractivity contribution in [2.45, 2.75) is 12.3 Å². The van der Waals surface area contributed by atoms with Crippen LogP contribution in [-0.2, 0) is 0 Å². The van der Waals surface area contributed by atoms with Crippen LogP contribution in [-0.4, -0.2) is 38.1 Å². The number of halogens is 5. The second kappa shape index (κ2) is 5.24. The fourth-order valence-electron chi connectivity index (χ4n) is 1.36. The second-order valence-corrected chi connectivity index (χ2v) is 3.93. The zero-order chi connectivity index (χ0) is 16.5. The highest BCUT2D eigenvalue weighted by atomic mass is 19.4. The minimum atomic E-state index is -5.84. The summed E-state index contributed by atoms with van der Waals surface area (Å²) in [6.45, 7) is 0. The van der Waals surface area contributed by atoms with Crippen LogP contribution in [0.2, 0.25) is 0 Å². The SMILES string of the molecule is O=C(O)c1ncn(-c2ccc(OC(F)(F)C(F)(F)F)cc2)n1. The lowest BCUT2D eigenvalue weighted by Gasteiger charge is -2.20. The molecule has 0 aliphatic rings. The van der Waals surface area contributed by atoms with Crippen molar-refractivity contribution in [2.75, 3.05) is 0 Å². The van der Waals surface area contributed by atoms with Gasteiger partial charge in [-0.2, -0.15) is 22.0 Å². The molecule has 0 fully saturated rings. The Morgan fingerprint density at radius 2 is 1.73 bits per heavy atom. The highest BCUT2D eigenvalue weighted by Crippen LogP contribution is 2.37. The predicted octanol–water partition coefficient (Wildman–Crippen LogP) is 2.50. The summed E-state index contributed by atoms with van der Waals surface area (Å²) in [6, 6.07) is 3.94. The average Bonchev–Trinajstić information content (AvgIpc) is 2.87. The third kappa shape index (κ3) is 3.13. The number of benzene rings is 1. The zero-order valence-electron chi connectivity index (χ0n) is 10.4. The van der Waals surface area contributed by atoms with Crippen LogP contribution in [0.15, 0.2) is 30.6 Å². The van der Waals surface area contributed by atoms with Crippen LogP contribution in [0.25, 0.3) is 5.69 Å². The van der Waals surface area contributed by atoms with Crippen LogP contribution in [0.5, 0.6) is 5.75 Å². The van der Waals surface area contributed by atoms with Gasteiger partial charge < -0.3 is 9.84 Å². The van der Waals surface area contributed by atoms with Crippen molar-refractivity contribution in [1.29, 1.82) is 0 Å². The van der Waals surface area contributed by atoms with Gasteiger partial charge in [-0.15, -0.1) is 5.10 Å². The van der Waals surface area contributed by atoms with Gasteiger partial charge in [0.15, 0.2) is 0 Å². The zero-order valence-corrected chi connectivity index (χ0v) is 10.4. The Bertz CT molecular complexity index is 681. The van der Waals surface area contributed by atoms with Crippen LogP contribution in [0.3, 0.4) is 0 Å². The Morgan fingerprint density at radius 3 is 2.18 bits per heavy atom. The number of carbonyl (C=O) groups is 1. The molecule has 0 saturated carbocycles. The van der Waals surface area contributed by atoms with Crippen LogP contribution >= 0.6 is 0 Å². The normalized spacial score (nSPS) is 12.2. The molecule has 6 nitrogen and oxygen atoms in total. The smallest absolute Gasteiger partial charge is 0.475 e. The summed E-state index contributed by atoms with van der Waals surface area (Å²) in [6.07, 6.45) is -10.1. The van der Waals surface area contributed by atoms with Crippen LogP contribution in [0.1, 0.15) is 10.6 Å². The van der Waals surface area contributed by atoms with Crippen molar-refractivity contribution < 1.29 is 36.6 Å². The summed E-state index contributed by atoms with van der Waals surface area (Å²) in [7, 11) is 0. The summed E-state index contributed by atoms with van der Waals surface area (Å²) < 4.78 is 66.0. The molecule has 1 aromatic heterocycles. The van der Waals surface area contributed by atoms with Crippen molar-refractivity contribution in [3.8, 4) is 11.4 Å². The molecule has 0 unspecified atom stereocenters. The third-order valence-corrected chi connectivity index (χ3v) is 2.36. The minimum Gasteiger partial charge on any atom is -0.475 e. The molecule has 0 aliphatic heterocycles. The molecule has 0 spiro atoms. The Labute approximate surface area is 118 Å². The number of carboxylic acid groups (broad SMARTS) is 1. The monoisotopic (exact) mass is 323 g/mol. The summed E-state index contributed by atoms with van der Waals surface area (Å²) in [5.74, 6) is -2.59. The van der Waals surface area contributed by atoms with Crippen molar-refractivity contribution in [3.63, 3.8) is 0 Å². The predicted molar refractivity (Wildman–Crippen MR) is 59.9 cm³/mol. The number of nitrogens with zero attached hydrogens (tertiary/aromatic N) is 3. The first-order chi connectivity index (χ1) is 10.1. The van der Waals surface area contributed by atoms with Crippen molar-refractivity contribution >= 4 is 5.97 Å². The minimum absolute atomic E-state index is 0.197. The van der Waals surface area contributed by atoms with Gasteiger partial charge >= 0.3 is 18.3 Å². The molecule has 1 aromatic carbocycles. The van der Waals surface area contributed by atoms with Crippen LogP contribution in [0.4, 0.5) is 22.0 Å². The van der Waals surface area contributed by atoms with Gasteiger partial charge in [-0.3, -0.25) is 0 Å². The van der Waals surface area contributed by atoms with Gasteiger partial charge in [0, 0.05) is 0 Å². The van der Waals surface area contributed by atoms with E-state index in [-0.39, 0.29) is 5.69 Å². The number of alkyl halides is 5. The average molecular weight is 323 g/mol. The molecule has 0 aliphatic carbocycles. The molecule has 0 saturated heterocycles. The van der Waals surface area contributed by atoms with E-state index in [4.69, 9.17) is 5.11 Å². The Morgan fingerprint density at radius 1 is 1.14 bits per heavy atom. The lowest BCUT2D eigenvalue weighted by Crippen LogP contribution is -2.41. The summed E-state index contributed by atoms with van der Waals surface area (Å²) >= 11 is 0. The molecule has 0 amide bonds. The highest BCUT2D eigenvalue weighted by Gasteiger charge is 2.61. The van der Waals surface area contributed by atoms with E-state index in [1.807, 2.05) is 0 Å². The van der Waals surface area contributed by atoms with Crippen LogP contribution in [0, 0.1) is 0 Å². The maximum atomic E-state index is 12.7. The van der Waals surface area contributed by atoms with E-state index < -0.39 is 29.8 Å². The number of rotatable bonds is 4. The van der Waals surface area contributed by atoms with E-state index in [2.05, 4.69) is 14.8 Å². The van der Waals surface area contributed by atoms with Gasteiger partial charge in [0.25, 0.3) is 5.82 Å². The number of aromatic nitrogens is 3. The summed E-state index contributed by atoms with van der Waals surface area (Å²) in [5, 5.41) is 12.2. The van der Waals surface area contributed by atoms with E-state index in [1.54, 1.807) is 0 Å². The van der Waals surface area contributed by atoms with Crippen molar-refractivity contribution in [3.05, 3.63) is 36.4 Å². The fourth-order valence-corrected chi connectivity index (χ4v) is 1.36. The largest absolute Gasteiger partial charge is 0.499 e. The number of ether oxygens (including phenoxy) is 1. The molecule has 0 radical (unpaired) electrons. The molecular formula is C11H6F5N3O3. The molecule has 1 heterocycles. The highest BCUT2D eigenvalue weighted by molar-refractivity contribution is 5.82. The van der Waals surface area contributed by atoms with Crippen molar-refractivity contribution in [1.82, 2.24) is 14.8 Å². The first-order valence-electron chi connectivity index (χ1n) is 5.49. The van der Waals surface area contributed by atoms with E-state index in [0.29, 0.717) is 0 Å². The molecule has 2 aromatic rings. The van der Waals surface area contributed by atoms with Gasteiger partial charge in [-0.25, -0.2) is 14.5 Å². The Hall–Kier alpha value is -2.72. The van der Waals surface area contributed by atoms with E-state index in [1.165, 1.54) is 0 Å². The fraction of sp³-hybridized carbons (Fsp3) is 0.182. The number of carboxylic acids is 1. The molecule has 1 N–H and O–H groups in total. The molecule has 0 atom stereocenters. The number of hydrogen-bond acceptors (Lipinski definition) is 4. The quantitative estimate of drug-likeness (QED) is 0.875. The lowest BCUT2D eigenvalue weighted by atomic mass is 10.3. The Balaban J connectivity index is 2.18. The molecule has 118 valence electrons. The topological polar surface area (TPSA) is 77.2 Å². The van der Waals surface area contributed by atoms with Crippen molar-refractivity contribution in [2.24, 2.45) is 0 Å². The standard InChI is InChI=1S/C11H6F5N3O3/c12-10(13,14)11(15,16)22-7-3-1-6(2-4-7)19-5-17-8(18-19)9(20)21/h1-5H,(H,20,21). The van der Waals surface area contributed by atoms with E-state index in [0.717, 1.165) is 35.3 Å². The van der Waals surface area contributed by atoms with Gasteiger partial charge in [0.2, 0.25) is 0 Å². The third-order valence-electron chi connectivity index (χ3n) is 2.36. The van der Waals surface area contributed by atoms with E-state index in [9.17, 15) is 26.7 Å². The summed E-state index contributed by atoms with van der Waals surface area (Å²) in [5.41, 5.74) is 0.197. The van der Waals surface area contributed by atoms with Gasteiger partial charge in [-0.1, -0.05) is 0 Å². The first-order valence-corrected chi connectivity index (χ1v) is 5.49. The maximum Gasteiger partial charge on any atom is 0.499 e. The van der Waals surface area contributed by atoms with Crippen LogP contribution < -0.4 is 4.74 Å². The maximum absolute atomic E-state index is 12.7. The lowest BCUT2D eigenvalue weighted by molar-refractivity contribution is -0.360.